The second-order valence-electron chi connectivity index (χ2n) is 12.1. The molecule has 1 aliphatic rings. The Morgan fingerprint density at radius 3 is 2.65 bits per heavy atom. The molecule has 5 aromatic heterocycles. The van der Waals surface area contributed by atoms with Gasteiger partial charge in [0.05, 0.1) is 34.9 Å². The highest BCUT2D eigenvalue weighted by molar-refractivity contribution is 5.97. The van der Waals surface area contributed by atoms with Crippen molar-refractivity contribution in [2.45, 2.75) is 19.3 Å². The minimum absolute atomic E-state index is 0.130. The normalized spacial score (nSPS) is 13.3. The fraction of sp³-hybridized carbons (Fsp3) is 0.189. The van der Waals surface area contributed by atoms with Gasteiger partial charge >= 0.3 is 0 Å². The summed E-state index contributed by atoms with van der Waals surface area (Å²) >= 11 is 0. The standard InChI is InChI=1S/C37H32FN9O2/c38-27-15-24(17-29(19-27)49-13-12-47-10-4-5-11-47)33-35-31(8-9-40-33)43-37(44-35)34-30-18-26(21-41-36(30)46-45-34)25-16-28(22-39-20-25)42-32(48)14-23-6-2-1-3-7-23/h1-3,6-9,15-22H,4-5,10-14H2,(H,42,48)(H,43,44)(H,41,45,46). The van der Waals surface area contributed by atoms with Gasteiger partial charge in [0.25, 0.3) is 0 Å². The Balaban J connectivity index is 1.06. The number of pyridine rings is 3. The molecule has 8 rings (SSSR count). The molecule has 1 amide bonds. The van der Waals surface area contributed by atoms with Crippen LogP contribution in [-0.2, 0) is 11.2 Å². The third-order valence-corrected chi connectivity index (χ3v) is 8.62. The summed E-state index contributed by atoms with van der Waals surface area (Å²) in [7, 11) is 0. The molecule has 1 aliphatic heterocycles. The van der Waals surface area contributed by atoms with Crippen LogP contribution in [0.5, 0.6) is 5.75 Å². The number of hydrogen-bond acceptors (Lipinski definition) is 8. The molecule has 0 radical (unpaired) electrons. The third kappa shape index (κ3) is 6.58. The Bertz CT molecular complexity index is 2280. The van der Waals surface area contributed by atoms with Crippen molar-refractivity contribution in [1.29, 1.82) is 0 Å². The van der Waals surface area contributed by atoms with Crippen molar-refractivity contribution in [2.75, 3.05) is 31.6 Å². The lowest BCUT2D eigenvalue weighted by atomic mass is 10.1. The van der Waals surface area contributed by atoms with Gasteiger partial charge < -0.3 is 15.0 Å². The van der Waals surface area contributed by atoms with Crippen molar-refractivity contribution in [3.8, 4) is 39.7 Å². The van der Waals surface area contributed by atoms with E-state index in [1.54, 1.807) is 30.9 Å². The van der Waals surface area contributed by atoms with Crippen molar-refractivity contribution < 1.29 is 13.9 Å². The van der Waals surface area contributed by atoms with E-state index in [0.717, 1.165) is 47.2 Å². The van der Waals surface area contributed by atoms with Gasteiger partial charge in [-0.1, -0.05) is 30.3 Å². The van der Waals surface area contributed by atoms with Crippen LogP contribution >= 0.6 is 0 Å². The summed E-state index contributed by atoms with van der Waals surface area (Å²) < 4.78 is 20.8. The Hall–Kier alpha value is -6.01. The van der Waals surface area contributed by atoms with E-state index in [2.05, 4.69) is 40.3 Å². The van der Waals surface area contributed by atoms with Gasteiger partial charge in [-0.3, -0.25) is 24.8 Å². The Kier molecular flexibility index (Phi) is 8.20. The van der Waals surface area contributed by atoms with Crippen LogP contribution in [0, 0.1) is 5.82 Å². The number of imidazole rings is 1. The summed E-state index contributed by atoms with van der Waals surface area (Å²) in [5.41, 5.74) is 6.63. The van der Waals surface area contributed by atoms with Crippen LogP contribution in [0.4, 0.5) is 10.1 Å². The minimum atomic E-state index is -0.408. The molecule has 0 bridgehead atoms. The molecule has 0 aliphatic carbocycles. The number of aromatic nitrogens is 7. The zero-order valence-electron chi connectivity index (χ0n) is 26.5. The van der Waals surface area contributed by atoms with Crippen LogP contribution in [0.15, 0.2) is 91.5 Å². The molecule has 0 spiro atoms. The predicted octanol–water partition coefficient (Wildman–Crippen LogP) is 6.42. The van der Waals surface area contributed by atoms with Crippen molar-refractivity contribution in [3.05, 3.63) is 103 Å². The molecule has 49 heavy (non-hydrogen) atoms. The zero-order valence-corrected chi connectivity index (χ0v) is 26.5. The van der Waals surface area contributed by atoms with Crippen LogP contribution in [0.1, 0.15) is 18.4 Å². The Labute approximate surface area is 280 Å². The van der Waals surface area contributed by atoms with E-state index >= 15 is 0 Å². The van der Waals surface area contributed by atoms with Gasteiger partial charge in [0.1, 0.15) is 29.4 Å². The maximum atomic E-state index is 14.8. The summed E-state index contributed by atoms with van der Waals surface area (Å²) in [6.45, 7) is 3.45. The number of aromatic amines is 2. The molecule has 7 aromatic rings. The van der Waals surface area contributed by atoms with Crippen LogP contribution in [0.3, 0.4) is 0 Å². The van der Waals surface area contributed by atoms with Gasteiger partial charge in [-0.2, -0.15) is 5.10 Å². The molecule has 1 fully saturated rings. The number of nitrogens with one attached hydrogen (secondary N) is 3. The van der Waals surface area contributed by atoms with Gasteiger partial charge in [0.2, 0.25) is 5.91 Å². The van der Waals surface area contributed by atoms with E-state index < -0.39 is 5.82 Å². The number of anilines is 1. The number of rotatable bonds is 10. The molecule has 0 atom stereocenters. The molecule has 1 saturated heterocycles. The number of amides is 1. The van der Waals surface area contributed by atoms with Crippen molar-refractivity contribution >= 4 is 33.7 Å². The first-order valence-electron chi connectivity index (χ1n) is 16.2. The summed E-state index contributed by atoms with van der Waals surface area (Å²) in [6, 6.07) is 19.9. The predicted molar refractivity (Wildman–Crippen MR) is 185 cm³/mol. The van der Waals surface area contributed by atoms with Crippen LogP contribution < -0.4 is 10.1 Å². The smallest absolute Gasteiger partial charge is 0.228 e. The molecule has 6 heterocycles. The fourth-order valence-corrected chi connectivity index (χ4v) is 6.23. The molecule has 3 N–H and O–H groups in total. The molecule has 2 aromatic carbocycles. The van der Waals surface area contributed by atoms with E-state index in [9.17, 15) is 9.18 Å². The van der Waals surface area contributed by atoms with Gasteiger partial charge in [-0.15, -0.1) is 0 Å². The lowest BCUT2D eigenvalue weighted by Crippen LogP contribution is -2.25. The van der Waals surface area contributed by atoms with Gasteiger partial charge in [0.15, 0.2) is 11.5 Å². The number of nitrogens with zero attached hydrogens (tertiary/aromatic N) is 6. The Morgan fingerprint density at radius 2 is 1.78 bits per heavy atom. The highest BCUT2D eigenvalue weighted by Gasteiger charge is 2.19. The number of benzene rings is 2. The fourth-order valence-electron chi connectivity index (χ4n) is 6.23. The number of carbonyl (C=O) groups excluding carboxylic acids is 1. The van der Waals surface area contributed by atoms with E-state index in [4.69, 9.17) is 9.72 Å². The maximum absolute atomic E-state index is 14.8. The zero-order chi connectivity index (χ0) is 33.2. The second kappa shape index (κ2) is 13.2. The molecule has 0 saturated carbocycles. The molecule has 11 nitrogen and oxygen atoms in total. The van der Waals surface area contributed by atoms with E-state index in [1.807, 2.05) is 48.5 Å². The number of ether oxygens (including phenoxy) is 1. The number of carbonyl (C=O) groups is 1. The first-order valence-corrected chi connectivity index (χ1v) is 16.2. The van der Waals surface area contributed by atoms with Crippen molar-refractivity contribution in [1.82, 2.24) is 40.0 Å². The molecule has 12 heteroatoms. The van der Waals surface area contributed by atoms with E-state index in [1.165, 1.54) is 25.0 Å². The minimum Gasteiger partial charge on any atom is -0.492 e. The van der Waals surface area contributed by atoms with Crippen LogP contribution in [0.25, 0.3) is 56.0 Å². The highest BCUT2D eigenvalue weighted by Crippen LogP contribution is 2.33. The van der Waals surface area contributed by atoms with Gasteiger partial charge in [0, 0.05) is 47.9 Å². The average Bonchev–Trinajstić information content (AvgIpc) is 3.88. The van der Waals surface area contributed by atoms with Crippen molar-refractivity contribution in [3.63, 3.8) is 0 Å². The molecular formula is C37H32FN9O2. The molecule has 244 valence electrons. The average molecular weight is 654 g/mol. The third-order valence-electron chi connectivity index (χ3n) is 8.62. The van der Waals surface area contributed by atoms with Crippen LogP contribution in [0.2, 0.25) is 0 Å². The van der Waals surface area contributed by atoms with Crippen molar-refractivity contribution in [2.24, 2.45) is 0 Å². The molecular weight excluding hydrogens is 621 g/mol. The summed E-state index contributed by atoms with van der Waals surface area (Å²) in [6.07, 6.45) is 9.41. The highest BCUT2D eigenvalue weighted by atomic mass is 19.1. The first kappa shape index (κ1) is 30.3. The maximum Gasteiger partial charge on any atom is 0.228 e. The topological polar surface area (TPSA) is 138 Å². The lowest BCUT2D eigenvalue weighted by Gasteiger charge is -2.15. The van der Waals surface area contributed by atoms with Gasteiger partial charge in [-0.05, 0) is 61.8 Å². The van der Waals surface area contributed by atoms with E-state index in [-0.39, 0.29) is 12.3 Å². The summed E-state index contributed by atoms with van der Waals surface area (Å²) in [4.78, 5) is 36.8. The quantitative estimate of drug-likeness (QED) is 0.154. The first-order chi connectivity index (χ1) is 24.1. The number of H-pyrrole nitrogens is 2. The largest absolute Gasteiger partial charge is 0.492 e. The molecule has 0 unspecified atom stereocenters. The second-order valence-corrected chi connectivity index (χ2v) is 12.1. The number of likely N-dealkylation sites (tertiary alicyclic amines) is 1. The number of fused-ring (bicyclic) bond motifs is 2. The van der Waals surface area contributed by atoms with Gasteiger partial charge in [-0.25, -0.2) is 14.4 Å². The summed E-state index contributed by atoms with van der Waals surface area (Å²) in [5, 5.41) is 11.2. The lowest BCUT2D eigenvalue weighted by molar-refractivity contribution is -0.115. The van der Waals surface area contributed by atoms with Crippen LogP contribution in [-0.4, -0.2) is 72.2 Å². The number of halogens is 1. The number of hydrogen-bond donors (Lipinski definition) is 3. The monoisotopic (exact) mass is 653 g/mol. The van der Waals surface area contributed by atoms with E-state index in [0.29, 0.717) is 52.0 Å². The summed E-state index contributed by atoms with van der Waals surface area (Å²) in [5.74, 6) is 0.423. The Morgan fingerprint density at radius 1 is 0.918 bits per heavy atom. The SMILES string of the molecule is O=C(Cc1ccccc1)Nc1cncc(-c2cnc3[nH]nc(-c4nc5c(-c6cc(F)cc(OCCN7CCCC7)c6)nccc5[nH]4)c3c2)c1.